The van der Waals surface area contributed by atoms with Crippen molar-refractivity contribution in [3.05, 3.63) is 47.9 Å². The number of nitrogens with one attached hydrogen (secondary N) is 1. The van der Waals surface area contributed by atoms with Gasteiger partial charge in [0.25, 0.3) is 5.91 Å². The molecule has 2 rings (SSSR count). The minimum atomic E-state index is -0.217. The molecule has 2 aromatic rings. The Morgan fingerprint density at radius 3 is 2.94 bits per heavy atom. The lowest BCUT2D eigenvalue weighted by Crippen LogP contribution is -2.25. The third-order valence-electron chi connectivity index (χ3n) is 2.57. The van der Waals surface area contributed by atoms with Crippen LogP contribution in [0.25, 0.3) is 0 Å². The number of nitrogens with zero attached hydrogens (tertiary/aromatic N) is 2. The van der Waals surface area contributed by atoms with Gasteiger partial charge in [-0.25, -0.2) is 4.98 Å². The number of carbonyl (C=O) groups is 1. The average molecular weight is 245 g/mol. The van der Waals surface area contributed by atoms with E-state index in [0.29, 0.717) is 12.2 Å². The van der Waals surface area contributed by atoms with Crippen LogP contribution in [-0.2, 0) is 6.42 Å². The Balaban J connectivity index is 1.73. The van der Waals surface area contributed by atoms with Crippen molar-refractivity contribution >= 4 is 5.91 Å². The highest BCUT2D eigenvalue weighted by molar-refractivity contribution is 5.92. The first-order chi connectivity index (χ1) is 8.77. The molecule has 5 heteroatoms. The van der Waals surface area contributed by atoms with Crippen LogP contribution < -0.4 is 5.32 Å². The number of rotatable bonds is 5. The maximum absolute atomic E-state index is 11.7. The molecule has 0 spiro atoms. The quantitative estimate of drug-likeness (QED) is 0.815. The lowest BCUT2D eigenvalue weighted by atomic mass is 10.2. The molecule has 0 bridgehead atoms. The Bertz CT molecular complexity index is 508. The smallest absolute Gasteiger partial charge is 0.288 e. The molecule has 0 aliphatic carbocycles. The average Bonchev–Trinajstić information content (AvgIpc) is 2.82. The summed E-state index contributed by atoms with van der Waals surface area (Å²) < 4.78 is 5.01. The first-order valence-electron chi connectivity index (χ1n) is 5.85. The molecule has 0 aliphatic rings. The molecule has 2 heterocycles. The Kier molecular flexibility index (Phi) is 4.06. The van der Waals surface area contributed by atoms with Gasteiger partial charge in [0.15, 0.2) is 6.39 Å². The van der Waals surface area contributed by atoms with Crippen molar-refractivity contribution in [2.24, 2.45) is 0 Å². The summed E-state index contributed by atoms with van der Waals surface area (Å²) in [6.45, 7) is 2.34. The molecule has 5 nitrogen and oxygen atoms in total. The number of oxazole rings is 1. The van der Waals surface area contributed by atoms with Crippen LogP contribution in [0.15, 0.2) is 35.2 Å². The molecule has 0 atom stereocenters. The molecule has 2 aromatic heterocycles. The number of aryl methyl sites for hydroxylation is 2. The van der Waals surface area contributed by atoms with Crippen LogP contribution in [0.5, 0.6) is 0 Å². The van der Waals surface area contributed by atoms with Crippen molar-refractivity contribution in [1.82, 2.24) is 15.3 Å². The number of pyridine rings is 1. The Morgan fingerprint density at radius 2 is 2.28 bits per heavy atom. The largest absolute Gasteiger partial charge is 0.438 e. The van der Waals surface area contributed by atoms with E-state index in [0.717, 1.165) is 18.5 Å². The van der Waals surface area contributed by atoms with Crippen molar-refractivity contribution in [3.63, 3.8) is 0 Å². The van der Waals surface area contributed by atoms with Gasteiger partial charge in [-0.1, -0.05) is 6.07 Å². The van der Waals surface area contributed by atoms with E-state index in [1.807, 2.05) is 18.2 Å². The lowest BCUT2D eigenvalue weighted by molar-refractivity contribution is 0.0924. The summed E-state index contributed by atoms with van der Waals surface area (Å²) in [5.41, 5.74) is 1.64. The summed E-state index contributed by atoms with van der Waals surface area (Å²) in [5.74, 6) is 0.0684. The zero-order valence-corrected chi connectivity index (χ0v) is 10.2. The second kappa shape index (κ2) is 5.95. The van der Waals surface area contributed by atoms with Crippen LogP contribution in [0.3, 0.4) is 0 Å². The van der Waals surface area contributed by atoms with Gasteiger partial charge in [0.1, 0.15) is 0 Å². The minimum Gasteiger partial charge on any atom is -0.438 e. The van der Waals surface area contributed by atoms with Crippen LogP contribution in [0, 0.1) is 6.92 Å². The van der Waals surface area contributed by atoms with Gasteiger partial charge in [-0.05, 0) is 31.9 Å². The zero-order valence-electron chi connectivity index (χ0n) is 10.2. The van der Waals surface area contributed by atoms with Gasteiger partial charge in [-0.2, -0.15) is 0 Å². The number of carbonyl (C=O) groups excluding carboxylic acids is 1. The van der Waals surface area contributed by atoms with Crippen molar-refractivity contribution in [2.45, 2.75) is 19.8 Å². The highest BCUT2D eigenvalue weighted by atomic mass is 16.3. The van der Waals surface area contributed by atoms with E-state index >= 15 is 0 Å². The molecule has 0 unspecified atom stereocenters. The predicted octanol–water partition coefficient (Wildman–Crippen LogP) is 1.74. The molecular formula is C13H15N3O2. The monoisotopic (exact) mass is 245 g/mol. The molecule has 0 aliphatic heterocycles. The molecule has 18 heavy (non-hydrogen) atoms. The Labute approximate surface area is 105 Å². The molecule has 0 saturated carbocycles. The van der Waals surface area contributed by atoms with Gasteiger partial charge in [0, 0.05) is 18.4 Å². The van der Waals surface area contributed by atoms with Gasteiger partial charge >= 0.3 is 0 Å². The van der Waals surface area contributed by atoms with Crippen LogP contribution in [0.1, 0.15) is 28.4 Å². The van der Waals surface area contributed by atoms with Gasteiger partial charge < -0.3 is 9.73 Å². The number of aromatic nitrogens is 2. The van der Waals surface area contributed by atoms with Crippen molar-refractivity contribution in [2.75, 3.05) is 6.54 Å². The topological polar surface area (TPSA) is 68.0 Å². The number of hydrogen-bond acceptors (Lipinski definition) is 4. The van der Waals surface area contributed by atoms with Crippen LogP contribution in [0.2, 0.25) is 0 Å². The molecule has 1 amide bonds. The number of hydrogen-bond donors (Lipinski definition) is 1. The summed E-state index contributed by atoms with van der Waals surface area (Å²) in [4.78, 5) is 19.8. The van der Waals surface area contributed by atoms with Crippen molar-refractivity contribution < 1.29 is 9.21 Å². The maximum atomic E-state index is 11.7. The molecule has 94 valence electrons. The van der Waals surface area contributed by atoms with Crippen molar-refractivity contribution in [3.8, 4) is 0 Å². The van der Waals surface area contributed by atoms with Gasteiger partial charge in [-0.15, -0.1) is 0 Å². The summed E-state index contributed by atoms with van der Waals surface area (Å²) in [6.07, 6.45) is 4.73. The van der Waals surface area contributed by atoms with Gasteiger partial charge in [0.05, 0.1) is 5.69 Å². The highest BCUT2D eigenvalue weighted by Crippen LogP contribution is 2.04. The first kappa shape index (κ1) is 12.3. The van der Waals surface area contributed by atoms with Crippen molar-refractivity contribution in [1.29, 1.82) is 0 Å². The summed E-state index contributed by atoms with van der Waals surface area (Å²) in [6, 6.07) is 5.82. The van der Waals surface area contributed by atoms with Gasteiger partial charge in [-0.3, -0.25) is 9.78 Å². The zero-order chi connectivity index (χ0) is 12.8. The van der Waals surface area contributed by atoms with Crippen LogP contribution in [0.4, 0.5) is 0 Å². The van der Waals surface area contributed by atoms with E-state index in [1.165, 1.54) is 6.39 Å². The van der Waals surface area contributed by atoms with Crippen LogP contribution >= 0.6 is 0 Å². The molecule has 1 N–H and O–H groups in total. The molecule has 0 saturated heterocycles. The van der Waals surface area contributed by atoms with E-state index in [9.17, 15) is 4.79 Å². The molecular weight excluding hydrogens is 230 g/mol. The maximum Gasteiger partial charge on any atom is 0.288 e. The molecule has 0 aromatic carbocycles. The standard InChI is InChI=1S/C13H15N3O2/c1-10-12(18-9-16-10)13(17)15-8-4-6-11-5-2-3-7-14-11/h2-3,5,7,9H,4,6,8H2,1H3,(H,15,17). The fourth-order valence-electron chi connectivity index (χ4n) is 1.62. The second-order valence-corrected chi connectivity index (χ2v) is 3.95. The normalized spacial score (nSPS) is 10.3. The summed E-state index contributed by atoms with van der Waals surface area (Å²) in [5, 5.41) is 2.80. The van der Waals surface area contributed by atoms with E-state index in [4.69, 9.17) is 4.42 Å². The SMILES string of the molecule is Cc1ncoc1C(=O)NCCCc1ccccn1. The minimum absolute atomic E-state index is 0.217. The fourth-order valence-corrected chi connectivity index (χ4v) is 1.62. The first-order valence-corrected chi connectivity index (χ1v) is 5.85. The van der Waals surface area contributed by atoms with E-state index in [1.54, 1.807) is 13.1 Å². The summed E-state index contributed by atoms with van der Waals surface area (Å²) >= 11 is 0. The van der Waals surface area contributed by atoms with Gasteiger partial charge in [0.2, 0.25) is 5.76 Å². The lowest BCUT2D eigenvalue weighted by Gasteiger charge is -2.03. The molecule has 0 fully saturated rings. The predicted molar refractivity (Wildman–Crippen MR) is 66.1 cm³/mol. The molecule has 0 radical (unpaired) electrons. The Hall–Kier alpha value is -2.17. The van der Waals surface area contributed by atoms with E-state index in [2.05, 4.69) is 15.3 Å². The third kappa shape index (κ3) is 3.16. The van der Waals surface area contributed by atoms with Crippen LogP contribution in [-0.4, -0.2) is 22.4 Å². The number of amides is 1. The third-order valence-corrected chi connectivity index (χ3v) is 2.57. The van der Waals surface area contributed by atoms with E-state index < -0.39 is 0 Å². The van der Waals surface area contributed by atoms with E-state index in [-0.39, 0.29) is 11.7 Å². The summed E-state index contributed by atoms with van der Waals surface area (Å²) in [7, 11) is 0. The highest BCUT2D eigenvalue weighted by Gasteiger charge is 2.12. The second-order valence-electron chi connectivity index (χ2n) is 3.95. The fraction of sp³-hybridized carbons (Fsp3) is 0.308. The Morgan fingerprint density at radius 1 is 1.39 bits per heavy atom.